The molecule has 1 aliphatic carbocycles. The van der Waals surface area contributed by atoms with E-state index in [1.54, 1.807) is 32.6 Å². The molecule has 0 atom stereocenters. The van der Waals surface area contributed by atoms with E-state index in [9.17, 15) is 13.6 Å². The second kappa shape index (κ2) is 8.79. The molecule has 7 nitrogen and oxygen atoms in total. The van der Waals surface area contributed by atoms with Crippen LogP contribution in [0.5, 0.6) is 5.75 Å². The molecule has 1 aromatic carbocycles. The number of anilines is 1. The van der Waals surface area contributed by atoms with Crippen molar-refractivity contribution < 1.29 is 18.3 Å². The zero-order chi connectivity index (χ0) is 23.9. The van der Waals surface area contributed by atoms with Crippen LogP contribution < -0.4 is 15.2 Å². The van der Waals surface area contributed by atoms with Crippen LogP contribution >= 0.6 is 0 Å². The Morgan fingerprint density at radius 3 is 2.53 bits per heavy atom. The fraction of sp³-hybridized carbons (Fsp3) is 0.400. The zero-order valence-electron chi connectivity index (χ0n) is 19.1. The third-order valence-corrected chi connectivity index (χ3v) is 6.60. The summed E-state index contributed by atoms with van der Waals surface area (Å²) >= 11 is 0. The fourth-order valence-electron chi connectivity index (χ4n) is 4.38. The Balaban J connectivity index is 1.40. The zero-order valence-corrected chi connectivity index (χ0v) is 19.1. The first kappa shape index (κ1) is 22.5. The highest BCUT2D eigenvalue weighted by atomic mass is 19.1. The van der Waals surface area contributed by atoms with Crippen molar-refractivity contribution in [2.75, 3.05) is 25.1 Å². The summed E-state index contributed by atoms with van der Waals surface area (Å²) in [5.74, 6) is -0.549. The van der Waals surface area contributed by atoms with Crippen LogP contribution in [0.2, 0.25) is 0 Å². The maximum Gasteiger partial charge on any atom is 0.250 e. The van der Waals surface area contributed by atoms with Gasteiger partial charge in [0.05, 0.1) is 11.9 Å². The molecule has 3 aromatic rings. The molecule has 2 aromatic heterocycles. The van der Waals surface area contributed by atoms with Crippen molar-refractivity contribution in [2.45, 2.75) is 37.4 Å². The van der Waals surface area contributed by atoms with Crippen LogP contribution in [0.4, 0.5) is 14.6 Å². The van der Waals surface area contributed by atoms with Crippen LogP contribution in [0.1, 0.15) is 31.4 Å². The summed E-state index contributed by atoms with van der Waals surface area (Å²) in [5.41, 5.74) is 1.79. The van der Waals surface area contributed by atoms with Crippen LogP contribution in [0.25, 0.3) is 11.3 Å². The van der Waals surface area contributed by atoms with Gasteiger partial charge in [-0.25, -0.2) is 18.7 Å². The lowest BCUT2D eigenvalue weighted by Crippen LogP contribution is -2.39. The first-order valence-corrected chi connectivity index (χ1v) is 11.3. The Morgan fingerprint density at radius 1 is 1.12 bits per heavy atom. The van der Waals surface area contributed by atoms with Crippen molar-refractivity contribution in [1.82, 2.24) is 14.5 Å². The van der Waals surface area contributed by atoms with Gasteiger partial charge >= 0.3 is 0 Å². The molecule has 2 fully saturated rings. The number of piperidine rings is 1. The Morgan fingerprint density at radius 2 is 1.88 bits per heavy atom. The molecule has 0 amide bonds. The molecule has 178 valence electrons. The second-order valence-corrected chi connectivity index (χ2v) is 8.87. The van der Waals surface area contributed by atoms with E-state index in [1.165, 1.54) is 22.8 Å². The van der Waals surface area contributed by atoms with Gasteiger partial charge in [-0.1, -0.05) is 0 Å². The highest BCUT2D eigenvalue weighted by molar-refractivity contribution is 5.72. The van der Waals surface area contributed by atoms with Crippen molar-refractivity contribution in [2.24, 2.45) is 7.05 Å². The predicted octanol–water partition coefficient (Wildman–Crippen LogP) is 3.80. The minimum Gasteiger partial charge on any atom is -0.487 e. The number of aryl methyl sites for hydroxylation is 1. The molecule has 2 aliphatic rings. The van der Waals surface area contributed by atoms with Crippen LogP contribution in [-0.4, -0.2) is 40.8 Å². The summed E-state index contributed by atoms with van der Waals surface area (Å²) in [6, 6.07) is 6.63. The van der Waals surface area contributed by atoms with Crippen LogP contribution in [-0.2, 0) is 17.4 Å². The SMILES string of the molecule is COC1(c2cnc(N3CCC(Oc4ccc(F)cc4F)CC3)c(-c3ccc(=O)n(C)c3)n2)CC1. The molecular weight excluding hydrogens is 442 g/mol. The number of hydrogen-bond donors (Lipinski definition) is 0. The maximum absolute atomic E-state index is 14.0. The highest BCUT2D eigenvalue weighted by Gasteiger charge is 2.47. The molecule has 0 radical (unpaired) electrons. The van der Waals surface area contributed by atoms with E-state index in [2.05, 4.69) is 4.90 Å². The van der Waals surface area contributed by atoms with E-state index in [0.717, 1.165) is 36.0 Å². The Hall–Kier alpha value is -3.33. The topological polar surface area (TPSA) is 69.5 Å². The van der Waals surface area contributed by atoms with E-state index >= 15 is 0 Å². The Kier molecular flexibility index (Phi) is 5.81. The van der Waals surface area contributed by atoms with Crippen molar-refractivity contribution in [1.29, 1.82) is 0 Å². The molecule has 9 heteroatoms. The first-order valence-electron chi connectivity index (χ1n) is 11.3. The lowest BCUT2D eigenvalue weighted by atomic mass is 10.1. The summed E-state index contributed by atoms with van der Waals surface area (Å²) in [6.07, 6.45) is 6.43. The third kappa shape index (κ3) is 4.27. The minimum atomic E-state index is -0.701. The summed E-state index contributed by atoms with van der Waals surface area (Å²) < 4.78 is 40.2. The van der Waals surface area contributed by atoms with Gasteiger partial charge in [0.2, 0.25) is 5.56 Å². The van der Waals surface area contributed by atoms with Crippen LogP contribution in [0.15, 0.2) is 47.5 Å². The van der Waals surface area contributed by atoms with Gasteiger partial charge in [0.1, 0.15) is 23.2 Å². The number of ether oxygens (including phenoxy) is 2. The Bertz CT molecular complexity index is 1270. The largest absolute Gasteiger partial charge is 0.487 e. The fourth-order valence-corrected chi connectivity index (χ4v) is 4.38. The molecule has 1 aliphatic heterocycles. The average Bonchev–Trinajstić information content (AvgIpc) is 3.64. The van der Waals surface area contributed by atoms with Crippen LogP contribution in [0, 0.1) is 11.6 Å². The molecular formula is C25H26F2N4O3. The van der Waals surface area contributed by atoms with E-state index < -0.39 is 11.6 Å². The van der Waals surface area contributed by atoms with Gasteiger partial charge in [0.15, 0.2) is 17.4 Å². The number of hydrogen-bond acceptors (Lipinski definition) is 6. The van der Waals surface area contributed by atoms with Gasteiger partial charge in [-0.15, -0.1) is 0 Å². The first-order chi connectivity index (χ1) is 16.4. The number of benzene rings is 1. The highest BCUT2D eigenvalue weighted by Crippen LogP contribution is 2.48. The second-order valence-electron chi connectivity index (χ2n) is 8.87. The summed E-state index contributed by atoms with van der Waals surface area (Å²) in [5, 5.41) is 0. The number of methoxy groups -OCH3 is 1. The quantitative estimate of drug-likeness (QED) is 0.548. The maximum atomic E-state index is 14.0. The van der Waals surface area contributed by atoms with Crippen molar-refractivity contribution in [3.05, 3.63) is 70.4 Å². The van der Waals surface area contributed by atoms with E-state index in [-0.39, 0.29) is 23.0 Å². The van der Waals surface area contributed by atoms with Crippen molar-refractivity contribution in [3.8, 4) is 17.0 Å². The third-order valence-electron chi connectivity index (χ3n) is 6.60. The average molecular weight is 469 g/mol. The smallest absolute Gasteiger partial charge is 0.250 e. The molecule has 0 spiro atoms. The molecule has 3 heterocycles. The minimum absolute atomic E-state index is 0.0594. The molecule has 0 N–H and O–H groups in total. The van der Waals surface area contributed by atoms with Gasteiger partial charge in [0, 0.05) is 64.0 Å². The molecule has 1 saturated heterocycles. The van der Waals surface area contributed by atoms with Crippen molar-refractivity contribution >= 4 is 5.82 Å². The normalized spacial score (nSPS) is 17.6. The number of pyridine rings is 1. The summed E-state index contributed by atoms with van der Waals surface area (Å²) in [4.78, 5) is 23.8. The summed E-state index contributed by atoms with van der Waals surface area (Å²) in [6.45, 7) is 1.27. The van der Waals surface area contributed by atoms with E-state index in [0.29, 0.717) is 31.6 Å². The molecule has 0 bridgehead atoms. The lowest BCUT2D eigenvalue weighted by molar-refractivity contribution is 0.0749. The number of nitrogens with zero attached hydrogens (tertiary/aromatic N) is 4. The van der Waals surface area contributed by atoms with Gasteiger partial charge < -0.3 is 18.9 Å². The van der Waals surface area contributed by atoms with Gasteiger partial charge in [-0.05, 0) is 31.0 Å². The number of aromatic nitrogens is 3. The number of rotatable bonds is 6. The summed E-state index contributed by atoms with van der Waals surface area (Å²) in [7, 11) is 3.39. The van der Waals surface area contributed by atoms with Gasteiger partial charge in [0.25, 0.3) is 0 Å². The standard InChI is InChI=1S/C25H26F2N4O3/c1-30-15-16(3-6-22(30)32)23-24(28-14-21(29-23)25(33-2)9-10-25)31-11-7-18(8-12-31)34-20-5-4-17(26)13-19(20)27/h3-6,13-15,18H,7-12H2,1-2H3. The van der Waals surface area contributed by atoms with Gasteiger partial charge in [-0.2, -0.15) is 0 Å². The van der Waals surface area contributed by atoms with Crippen molar-refractivity contribution in [3.63, 3.8) is 0 Å². The van der Waals surface area contributed by atoms with Crippen LogP contribution in [0.3, 0.4) is 0 Å². The van der Waals surface area contributed by atoms with E-state index in [1.807, 2.05) is 0 Å². The Labute approximate surface area is 196 Å². The molecule has 1 saturated carbocycles. The molecule has 0 unspecified atom stereocenters. The predicted molar refractivity (Wildman–Crippen MR) is 123 cm³/mol. The van der Waals surface area contributed by atoms with Gasteiger partial charge in [-0.3, -0.25) is 4.79 Å². The van der Waals surface area contributed by atoms with E-state index in [4.69, 9.17) is 19.4 Å². The number of halogens is 2. The molecule has 5 rings (SSSR count). The lowest BCUT2D eigenvalue weighted by Gasteiger charge is -2.34. The molecule has 34 heavy (non-hydrogen) atoms. The monoisotopic (exact) mass is 468 g/mol.